The van der Waals surface area contributed by atoms with Gasteiger partial charge in [0.15, 0.2) is 5.82 Å². The summed E-state index contributed by atoms with van der Waals surface area (Å²) >= 11 is 0. The first-order valence-corrected chi connectivity index (χ1v) is 8.34. The first-order valence-electron chi connectivity index (χ1n) is 6.90. The molecule has 1 aliphatic heterocycles. The summed E-state index contributed by atoms with van der Waals surface area (Å²) in [5.74, 6) is -1.82. The number of aromatic nitrogens is 3. The molecule has 24 heavy (non-hydrogen) atoms. The summed E-state index contributed by atoms with van der Waals surface area (Å²) in [7, 11) is -3.99. The summed E-state index contributed by atoms with van der Waals surface area (Å²) in [5, 5.41) is 6.64. The van der Waals surface area contributed by atoms with Crippen molar-refractivity contribution in [2.75, 3.05) is 6.54 Å². The van der Waals surface area contributed by atoms with Gasteiger partial charge in [-0.05, 0) is 31.2 Å². The van der Waals surface area contributed by atoms with E-state index in [1.165, 1.54) is 6.92 Å². The Bertz CT molecular complexity index is 861. The van der Waals surface area contributed by atoms with Gasteiger partial charge in [-0.15, -0.1) is 10.2 Å². The van der Waals surface area contributed by atoms with Crippen LogP contribution < -0.4 is 0 Å². The molecule has 0 bridgehead atoms. The van der Waals surface area contributed by atoms with Crippen LogP contribution in [0.15, 0.2) is 29.2 Å². The van der Waals surface area contributed by atoms with Gasteiger partial charge in [-0.3, -0.25) is 0 Å². The van der Waals surface area contributed by atoms with Crippen LogP contribution in [0.5, 0.6) is 0 Å². The molecule has 1 aromatic heterocycles. The van der Waals surface area contributed by atoms with E-state index < -0.39 is 33.9 Å². The van der Waals surface area contributed by atoms with Gasteiger partial charge in [-0.1, -0.05) is 0 Å². The first-order chi connectivity index (χ1) is 11.1. The zero-order valence-electron chi connectivity index (χ0n) is 12.3. The maximum atomic E-state index is 13.0. The Hall–Kier alpha value is -2.01. The summed E-state index contributed by atoms with van der Waals surface area (Å²) in [6, 6.07) is 3.30. The van der Waals surface area contributed by atoms with Gasteiger partial charge in [0.25, 0.3) is 0 Å². The summed E-state index contributed by atoms with van der Waals surface area (Å²) < 4.78 is 78.8. The van der Waals surface area contributed by atoms with E-state index in [1.807, 2.05) is 0 Å². The second-order valence-electron chi connectivity index (χ2n) is 5.28. The third-order valence-electron chi connectivity index (χ3n) is 3.80. The van der Waals surface area contributed by atoms with Gasteiger partial charge in [0, 0.05) is 13.1 Å². The summed E-state index contributed by atoms with van der Waals surface area (Å²) in [6.07, 6.45) is -4.66. The fraction of sp³-hybridized carbons (Fsp3) is 0.385. The lowest BCUT2D eigenvalue weighted by atomic mass is 10.2. The van der Waals surface area contributed by atoms with Crippen molar-refractivity contribution in [1.29, 1.82) is 0 Å². The van der Waals surface area contributed by atoms with Crippen molar-refractivity contribution in [3.8, 4) is 0 Å². The molecule has 11 heteroatoms. The minimum absolute atomic E-state index is 0.0840. The number of rotatable bonds is 2. The van der Waals surface area contributed by atoms with Crippen LogP contribution in [0, 0.1) is 5.82 Å². The molecule has 1 atom stereocenters. The lowest BCUT2D eigenvalue weighted by molar-refractivity contribution is -0.147. The van der Waals surface area contributed by atoms with Gasteiger partial charge in [-0.2, -0.15) is 17.5 Å². The summed E-state index contributed by atoms with van der Waals surface area (Å²) in [6.45, 7) is 1.04. The number of benzene rings is 1. The number of sulfonamides is 1. The Morgan fingerprint density at radius 1 is 1.12 bits per heavy atom. The zero-order valence-corrected chi connectivity index (χ0v) is 13.1. The lowest BCUT2D eigenvalue weighted by Gasteiger charge is -2.32. The second-order valence-corrected chi connectivity index (χ2v) is 7.17. The number of hydrogen-bond acceptors (Lipinski definition) is 4. The molecule has 0 amide bonds. The Balaban J connectivity index is 1.98. The van der Waals surface area contributed by atoms with E-state index in [4.69, 9.17) is 0 Å². The normalized spacial score (nSPS) is 19.3. The minimum atomic E-state index is -4.66. The molecule has 6 nitrogen and oxygen atoms in total. The number of halogens is 4. The molecule has 130 valence electrons. The number of fused-ring (bicyclic) bond motifs is 1. The van der Waals surface area contributed by atoms with E-state index in [2.05, 4.69) is 10.2 Å². The van der Waals surface area contributed by atoms with Crippen LogP contribution in [0.4, 0.5) is 17.6 Å². The molecule has 0 aliphatic carbocycles. The smallest absolute Gasteiger partial charge is 0.305 e. The Labute approximate surface area is 134 Å². The summed E-state index contributed by atoms with van der Waals surface area (Å²) in [4.78, 5) is -0.139. The Morgan fingerprint density at radius 2 is 1.75 bits per heavy atom. The molecule has 0 radical (unpaired) electrons. The highest BCUT2D eigenvalue weighted by Crippen LogP contribution is 2.34. The maximum Gasteiger partial charge on any atom is 0.451 e. The molecule has 2 aromatic rings. The van der Waals surface area contributed by atoms with Crippen LogP contribution in [-0.2, 0) is 22.7 Å². The molecule has 3 rings (SSSR count). The molecular weight excluding hydrogens is 352 g/mol. The SMILES string of the molecule is CC1c2nnc(C(F)(F)F)n2CCN1S(=O)(=O)c1ccc(F)cc1. The largest absolute Gasteiger partial charge is 0.451 e. The van der Waals surface area contributed by atoms with E-state index >= 15 is 0 Å². The molecule has 0 N–H and O–H groups in total. The monoisotopic (exact) mass is 364 g/mol. The van der Waals surface area contributed by atoms with Gasteiger partial charge in [0.1, 0.15) is 5.82 Å². The van der Waals surface area contributed by atoms with Crippen LogP contribution in [0.25, 0.3) is 0 Å². The van der Waals surface area contributed by atoms with Crippen molar-refractivity contribution in [2.24, 2.45) is 0 Å². The minimum Gasteiger partial charge on any atom is -0.305 e. The third kappa shape index (κ3) is 2.67. The standard InChI is InChI=1S/C13H12F4N4O2S/c1-8-11-18-19-12(13(15,16)17)20(11)6-7-21(8)24(22,23)10-4-2-9(14)3-5-10/h2-5,8H,6-7H2,1H3. The van der Waals surface area contributed by atoms with Crippen LogP contribution in [0.3, 0.4) is 0 Å². The molecule has 0 saturated heterocycles. The van der Waals surface area contributed by atoms with Crippen molar-refractivity contribution < 1.29 is 26.0 Å². The number of nitrogens with zero attached hydrogens (tertiary/aromatic N) is 4. The second kappa shape index (κ2) is 5.52. The van der Waals surface area contributed by atoms with Gasteiger partial charge in [0.2, 0.25) is 15.8 Å². The molecule has 1 unspecified atom stereocenters. The van der Waals surface area contributed by atoms with E-state index in [0.717, 1.165) is 33.1 Å². The average molecular weight is 364 g/mol. The number of hydrogen-bond donors (Lipinski definition) is 0. The fourth-order valence-electron chi connectivity index (χ4n) is 2.65. The molecule has 1 aromatic carbocycles. The van der Waals surface area contributed by atoms with Crippen molar-refractivity contribution in [3.05, 3.63) is 41.7 Å². The Kier molecular flexibility index (Phi) is 3.87. The lowest BCUT2D eigenvalue weighted by Crippen LogP contribution is -2.41. The van der Waals surface area contributed by atoms with Gasteiger partial charge >= 0.3 is 6.18 Å². The van der Waals surface area contributed by atoms with Gasteiger partial charge in [-0.25, -0.2) is 12.8 Å². The highest BCUT2D eigenvalue weighted by molar-refractivity contribution is 7.89. The van der Waals surface area contributed by atoms with Crippen LogP contribution in [0.1, 0.15) is 24.6 Å². The van der Waals surface area contributed by atoms with Crippen LogP contribution in [-0.4, -0.2) is 34.0 Å². The molecule has 0 saturated carbocycles. The predicted molar refractivity (Wildman–Crippen MR) is 73.7 cm³/mol. The van der Waals surface area contributed by atoms with E-state index in [9.17, 15) is 26.0 Å². The molecular formula is C13H12F4N4O2S. The molecule has 0 spiro atoms. The quantitative estimate of drug-likeness (QED) is 0.767. The molecule has 2 heterocycles. The molecule has 0 fully saturated rings. The van der Waals surface area contributed by atoms with Crippen molar-refractivity contribution >= 4 is 10.0 Å². The fourth-order valence-corrected chi connectivity index (χ4v) is 4.23. The first kappa shape index (κ1) is 16.8. The van der Waals surface area contributed by atoms with Crippen LogP contribution in [0.2, 0.25) is 0 Å². The van der Waals surface area contributed by atoms with E-state index in [-0.39, 0.29) is 23.8 Å². The molecule has 1 aliphatic rings. The van der Waals surface area contributed by atoms with E-state index in [0.29, 0.717) is 0 Å². The Morgan fingerprint density at radius 3 is 2.33 bits per heavy atom. The summed E-state index contributed by atoms with van der Waals surface area (Å²) in [5.41, 5.74) is 0. The highest BCUT2D eigenvalue weighted by Gasteiger charge is 2.43. The zero-order chi connectivity index (χ0) is 17.7. The van der Waals surface area contributed by atoms with E-state index in [1.54, 1.807) is 0 Å². The van der Waals surface area contributed by atoms with Crippen molar-refractivity contribution in [1.82, 2.24) is 19.1 Å². The van der Waals surface area contributed by atoms with Crippen molar-refractivity contribution in [2.45, 2.75) is 30.6 Å². The predicted octanol–water partition coefficient (Wildman–Crippen LogP) is 2.20. The maximum absolute atomic E-state index is 13.0. The van der Waals surface area contributed by atoms with Gasteiger partial charge < -0.3 is 4.57 Å². The topological polar surface area (TPSA) is 68.1 Å². The van der Waals surface area contributed by atoms with Gasteiger partial charge in [0.05, 0.1) is 10.9 Å². The van der Waals surface area contributed by atoms with Crippen molar-refractivity contribution in [3.63, 3.8) is 0 Å². The third-order valence-corrected chi connectivity index (χ3v) is 5.79. The van der Waals surface area contributed by atoms with Crippen LogP contribution >= 0.6 is 0 Å². The number of alkyl halides is 3. The average Bonchev–Trinajstić information content (AvgIpc) is 2.92. The highest BCUT2D eigenvalue weighted by atomic mass is 32.2.